The largest absolute Gasteiger partial charge is 0.493 e. The van der Waals surface area contributed by atoms with E-state index in [4.69, 9.17) is 14.2 Å². The lowest BCUT2D eigenvalue weighted by atomic mass is 9.81. The molecule has 1 heterocycles. The first kappa shape index (κ1) is 22.2. The molecule has 0 bridgehead atoms. The lowest BCUT2D eigenvalue weighted by molar-refractivity contribution is -0.131. The van der Waals surface area contributed by atoms with Crippen molar-refractivity contribution in [2.45, 2.75) is 64.2 Å². The number of ether oxygens (including phenoxy) is 3. The fourth-order valence-corrected chi connectivity index (χ4v) is 3.65. The van der Waals surface area contributed by atoms with Crippen molar-refractivity contribution < 1.29 is 28.2 Å². The first-order valence-electron chi connectivity index (χ1n) is 10.4. The third kappa shape index (κ3) is 5.77. The minimum absolute atomic E-state index is 0.0109. The van der Waals surface area contributed by atoms with Gasteiger partial charge in [-0.1, -0.05) is 0 Å². The van der Waals surface area contributed by atoms with Crippen LogP contribution in [0.25, 0.3) is 0 Å². The highest BCUT2D eigenvalue weighted by atomic mass is 19.1. The third-order valence-corrected chi connectivity index (χ3v) is 5.38. The van der Waals surface area contributed by atoms with Crippen molar-refractivity contribution in [1.29, 1.82) is 0 Å². The molecule has 0 radical (unpaired) electrons. The Kier molecular flexibility index (Phi) is 6.73. The molecular formula is C22H31FN2O5. The molecule has 0 atom stereocenters. The average molecular weight is 422 g/mol. The van der Waals surface area contributed by atoms with Gasteiger partial charge in [0.25, 0.3) is 0 Å². The summed E-state index contributed by atoms with van der Waals surface area (Å²) in [6, 6.07) is 4.19. The van der Waals surface area contributed by atoms with Crippen LogP contribution in [0.5, 0.6) is 11.5 Å². The van der Waals surface area contributed by atoms with Gasteiger partial charge in [-0.25, -0.2) is 9.18 Å². The van der Waals surface area contributed by atoms with E-state index >= 15 is 0 Å². The molecular weight excluding hydrogens is 391 g/mol. The summed E-state index contributed by atoms with van der Waals surface area (Å²) in [7, 11) is 1.51. The van der Waals surface area contributed by atoms with Crippen LogP contribution in [0.2, 0.25) is 0 Å². The van der Waals surface area contributed by atoms with Crippen LogP contribution in [-0.2, 0) is 9.53 Å². The number of carbonyl (C=O) groups is 2. The molecule has 1 saturated heterocycles. The summed E-state index contributed by atoms with van der Waals surface area (Å²) in [5, 5.41) is 3.09. The summed E-state index contributed by atoms with van der Waals surface area (Å²) in [6.45, 7) is 6.67. The maximum Gasteiger partial charge on any atom is 0.410 e. The average Bonchev–Trinajstić information content (AvgIpc) is 2.63. The van der Waals surface area contributed by atoms with E-state index in [2.05, 4.69) is 5.32 Å². The Morgan fingerprint density at radius 1 is 1.13 bits per heavy atom. The molecule has 1 N–H and O–H groups in total. The number of likely N-dealkylation sites (tertiary alicyclic amines) is 1. The predicted octanol–water partition coefficient (Wildman–Crippen LogP) is 3.51. The Hall–Kier alpha value is -2.51. The van der Waals surface area contributed by atoms with E-state index in [-0.39, 0.29) is 30.1 Å². The second-order valence-electron chi connectivity index (χ2n) is 8.95. The maximum atomic E-state index is 13.4. The van der Waals surface area contributed by atoms with Gasteiger partial charge in [-0.15, -0.1) is 0 Å². The number of methoxy groups -OCH3 is 1. The molecule has 0 unspecified atom stereocenters. The molecule has 3 rings (SSSR count). The lowest BCUT2D eigenvalue weighted by Gasteiger charge is -2.37. The van der Waals surface area contributed by atoms with Gasteiger partial charge in [0.05, 0.1) is 7.11 Å². The normalized spacial score (nSPS) is 22.1. The third-order valence-electron chi connectivity index (χ3n) is 5.38. The molecule has 2 amide bonds. The summed E-state index contributed by atoms with van der Waals surface area (Å²) in [4.78, 5) is 26.3. The number of hydrogen-bond donors (Lipinski definition) is 1. The van der Waals surface area contributed by atoms with Crippen molar-refractivity contribution in [3.63, 3.8) is 0 Å². The van der Waals surface area contributed by atoms with Crippen LogP contribution in [-0.4, -0.2) is 54.8 Å². The van der Waals surface area contributed by atoms with Gasteiger partial charge in [-0.3, -0.25) is 4.79 Å². The van der Waals surface area contributed by atoms with Gasteiger partial charge in [0.15, 0.2) is 11.5 Å². The molecule has 8 heteroatoms. The van der Waals surface area contributed by atoms with Gasteiger partial charge in [0.1, 0.15) is 17.5 Å². The van der Waals surface area contributed by atoms with Crippen LogP contribution in [0, 0.1) is 11.7 Å². The van der Waals surface area contributed by atoms with Gasteiger partial charge in [0.2, 0.25) is 5.91 Å². The van der Waals surface area contributed by atoms with Crippen LogP contribution >= 0.6 is 0 Å². The monoisotopic (exact) mass is 422 g/mol. The van der Waals surface area contributed by atoms with Crippen molar-refractivity contribution in [3.05, 3.63) is 24.0 Å². The molecule has 1 aliphatic carbocycles. The van der Waals surface area contributed by atoms with Crippen molar-refractivity contribution >= 4 is 12.0 Å². The summed E-state index contributed by atoms with van der Waals surface area (Å²) >= 11 is 0. The zero-order chi connectivity index (χ0) is 21.9. The van der Waals surface area contributed by atoms with Gasteiger partial charge in [-0.2, -0.15) is 0 Å². The molecule has 2 fully saturated rings. The molecule has 0 aromatic heterocycles. The van der Waals surface area contributed by atoms with E-state index in [9.17, 15) is 14.0 Å². The minimum atomic E-state index is -0.513. The molecule has 1 saturated carbocycles. The van der Waals surface area contributed by atoms with E-state index in [1.807, 2.05) is 20.8 Å². The Bertz CT molecular complexity index is 765. The molecule has 1 aromatic rings. The van der Waals surface area contributed by atoms with E-state index in [0.717, 1.165) is 0 Å². The zero-order valence-corrected chi connectivity index (χ0v) is 18.1. The molecule has 1 aliphatic heterocycles. The van der Waals surface area contributed by atoms with E-state index in [1.165, 1.54) is 25.3 Å². The lowest BCUT2D eigenvalue weighted by Crippen LogP contribution is -2.51. The fourth-order valence-electron chi connectivity index (χ4n) is 3.65. The zero-order valence-electron chi connectivity index (χ0n) is 18.1. The van der Waals surface area contributed by atoms with E-state index < -0.39 is 11.4 Å². The first-order valence-corrected chi connectivity index (χ1v) is 10.4. The number of nitrogens with one attached hydrogen (secondary N) is 1. The SMILES string of the molecule is COc1ccc(F)cc1O[C@H]1C[C@H](C(=O)NC2CCN(C(=O)OC(C)(C)C)CC2)C1. The predicted molar refractivity (Wildman–Crippen MR) is 109 cm³/mol. The second kappa shape index (κ2) is 9.10. The molecule has 166 valence electrons. The van der Waals surface area contributed by atoms with Gasteiger partial charge < -0.3 is 24.4 Å². The number of halogens is 1. The Morgan fingerprint density at radius 2 is 1.80 bits per heavy atom. The fraction of sp³-hybridized carbons (Fsp3) is 0.636. The van der Waals surface area contributed by atoms with E-state index in [1.54, 1.807) is 4.90 Å². The minimum Gasteiger partial charge on any atom is -0.493 e. The van der Waals surface area contributed by atoms with Gasteiger partial charge in [0, 0.05) is 31.1 Å². The quantitative estimate of drug-likeness (QED) is 0.786. The van der Waals surface area contributed by atoms with Crippen LogP contribution in [0.4, 0.5) is 9.18 Å². The Labute approximate surface area is 176 Å². The smallest absolute Gasteiger partial charge is 0.410 e. The van der Waals surface area contributed by atoms with Crippen molar-refractivity contribution in [3.8, 4) is 11.5 Å². The highest BCUT2D eigenvalue weighted by Crippen LogP contribution is 2.36. The second-order valence-corrected chi connectivity index (χ2v) is 8.95. The number of nitrogens with zero attached hydrogens (tertiary/aromatic N) is 1. The van der Waals surface area contributed by atoms with Gasteiger partial charge in [-0.05, 0) is 58.6 Å². The van der Waals surface area contributed by atoms with Crippen LogP contribution in [0.15, 0.2) is 18.2 Å². The first-order chi connectivity index (χ1) is 14.1. The molecule has 0 spiro atoms. The highest BCUT2D eigenvalue weighted by molar-refractivity contribution is 5.80. The van der Waals surface area contributed by atoms with Crippen LogP contribution in [0.1, 0.15) is 46.5 Å². The number of benzene rings is 1. The molecule has 1 aromatic carbocycles. The highest BCUT2D eigenvalue weighted by Gasteiger charge is 2.38. The summed E-state index contributed by atoms with van der Waals surface area (Å²) in [6.07, 6.45) is 2.14. The number of piperidine rings is 1. The van der Waals surface area contributed by atoms with Crippen molar-refractivity contribution in [2.24, 2.45) is 5.92 Å². The van der Waals surface area contributed by atoms with Crippen LogP contribution in [0.3, 0.4) is 0 Å². The van der Waals surface area contributed by atoms with Crippen molar-refractivity contribution in [1.82, 2.24) is 10.2 Å². The standard InChI is InChI=1S/C22H31FN2O5/c1-22(2,3)30-21(27)25-9-7-16(8-10-25)24-20(26)14-11-17(12-14)29-19-13-15(23)5-6-18(19)28-4/h5-6,13-14,16-17H,7-12H2,1-4H3,(H,24,26)/t14-,17-. The number of amides is 2. The van der Waals surface area contributed by atoms with Crippen LogP contribution < -0.4 is 14.8 Å². The number of carbonyl (C=O) groups excluding carboxylic acids is 2. The maximum absolute atomic E-state index is 13.4. The summed E-state index contributed by atoms with van der Waals surface area (Å²) in [5.74, 6) is 0.337. The van der Waals surface area contributed by atoms with Gasteiger partial charge >= 0.3 is 6.09 Å². The Morgan fingerprint density at radius 3 is 2.40 bits per heavy atom. The molecule has 30 heavy (non-hydrogen) atoms. The number of hydrogen-bond acceptors (Lipinski definition) is 5. The molecule has 2 aliphatic rings. The Balaban J connectivity index is 1.39. The van der Waals surface area contributed by atoms with Crippen molar-refractivity contribution in [2.75, 3.05) is 20.2 Å². The topological polar surface area (TPSA) is 77.1 Å². The number of rotatable bonds is 5. The van der Waals surface area contributed by atoms with E-state index in [0.29, 0.717) is 50.3 Å². The summed E-state index contributed by atoms with van der Waals surface area (Å²) in [5.41, 5.74) is -0.513. The molecule has 7 nitrogen and oxygen atoms in total. The summed E-state index contributed by atoms with van der Waals surface area (Å²) < 4.78 is 29.8.